The average Bonchev–Trinajstić information content (AvgIpc) is 3.42. The zero-order valence-electron chi connectivity index (χ0n) is 21.4. The molecule has 0 aromatic carbocycles. The summed E-state index contributed by atoms with van der Waals surface area (Å²) in [7, 11) is 0. The molecule has 3 atom stereocenters. The third-order valence-electron chi connectivity index (χ3n) is 9.86. The summed E-state index contributed by atoms with van der Waals surface area (Å²) in [6, 6.07) is 0. The highest BCUT2D eigenvalue weighted by Gasteiger charge is 2.71. The largest absolute Gasteiger partial charge is 0.455 e. The maximum Gasteiger partial charge on any atom is 0.426 e. The molecule has 6 rings (SSSR count). The molecule has 5 saturated carbocycles. The van der Waals surface area contributed by atoms with Crippen LogP contribution in [-0.2, 0) is 9.53 Å². The Labute approximate surface area is 220 Å². The number of halogens is 9. The fourth-order valence-corrected chi connectivity index (χ4v) is 8.05. The van der Waals surface area contributed by atoms with Crippen molar-refractivity contribution in [1.29, 1.82) is 0 Å². The first-order chi connectivity index (χ1) is 17.8. The molecule has 6 aliphatic carbocycles. The lowest BCUT2D eigenvalue weighted by Crippen LogP contribution is -2.59. The Morgan fingerprint density at radius 3 is 1.74 bits per heavy atom. The van der Waals surface area contributed by atoms with Gasteiger partial charge in [-0.05, 0) is 99.2 Å². The number of hydrogen-bond donors (Lipinski definition) is 1. The molecule has 12 heteroatoms. The van der Waals surface area contributed by atoms with Gasteiger partial charge in [-0.15, -0.1) is 0 Å². The van der Waals surface area contributed by atoms with E-state index in [9.17, 15) is 44.3 Å². The van der Waals surface area contributed by atoms with Gasteiger partial charge in [-0.2, -0.15) is 39.5 Å². The first-order valence-corrected chi connectivity index (χ1v) is 13.3. The van der Waals surface area contributed by atoms with Crippen LogP contribution in [-0.4, -0.2) is 40.8 Å². The molecular formula is C27H33F9O3. The van der Waals surface area contributed by atoms with Crippen LogP contribution in [0.25, 0.3) is 0 Å². The molecule has 5 fully saturated rings. The van der Waals surface area contributed by atoms with Crippen molar-refractivity contribution >= 4 is 5.97 Å². The van der Waals surface area contributed by atoms with Crippen molar-refractivity contribution in [3.05, 3.63) is 24.3 Å². The van der Waals surface area contributed by atoms with E-state index in [1.807, 2.05) is 13.0 Å². The molecule has 0 saturated heterocycles. The van der Waals surface area contributed by atoms with Crippen LogP contribution in [0.5, 0.6) is 0 Å². The number of carbonyl (C=O) groups is 1. The van der Waals surface area contributed by atoms with Crippen LogP contribution in [0.2, 0.25) is 0 Å². The van der Waals surface area contributed by atoms with Crippen molar-refractivity contribution in [2.75, 3.05) is 0 Å². The van der Waals surface area contributed by atoms with Gasteiger partial charge in [-0.25, -0.2) is 4.79 Å². The van der Waals surface area contributed by atoms with Gasteiger partial charge in [0.1, 0.15) is 11.2 Å². The molecule has 0 radical (unpaired) electrons. The Morgan fingerprint density at radius 2 is 1.38 bits per heavy atom. The molecule has 6 bridgehead atoms. The van der Waals surface area contributed by atoms with Crippen molar-refractivity contribution < 1.29 is 54.2 Å². The van der Waals surface area contributed by atoms with Gasteiger partial charge < -0.3 is 9.84 Å². The number of ether oxygens (including phenoxy) is 1. The van der Waals surface area contributed by atoms with Gasteiger partial charge in [-0.1, -0.05) is 25.7 Å². The standard InChI is InChI=1S/C16H21F3O2.C11H12F6O/c1-3-15(21-14(20)9(2)16(17,18)19)12-5-10-4-11(7-12)8-13(15)6-10;12-10(13,14)9(18,11(15,16)17)5-8-4-6-1-2-7(8)3-6/h10-13H,2-8H2,1H3;1-2,6-8,18H,3-5H2. The Balaban J connectivity index is 0.000000183. The van der Waals surface area contributed by atoms with Crippen molar-refractivity contribution in [3.8, 4) is 0 Å². The quantitative estimate of drug-likeness (QED) is 0.158. The summed E-state index contributed by atoms with van der Waals surface area (Å²) in [5.41, 5.74) is -6.68. The third kappa shape index (κ3) is 5.47. The predicted molar refractivity (Wildman–Crippen MR) is 122 cm³/mol. The van der Waals surface area contributed by atoms with Crippen LogP contribution in [0, 0.1) is 41.4 Å². The molecule has 39 heavy (non-hydrogen) atoms. The van der Waals surface area contributed by atoms with Crippen LogP contribution < -0.4 is 0 Å². The smallest absolute Gasteiger partial charge is 0.426 e. The Hall–Kier alpha value is -1.72. The number of esters is 1. The number of hydrogen-bond acceptors (Lipinski definition) is 3. The monoisotopic (exact) mass is 576 g/mol. The normalized spacial score (nSPS) is 37.1. The third-order valence-corrected chi connectivity index (χ3v) is 9.86. The van der Waals surface area contributed by atoms with E-state index < -0.39 is 53.6 Å². The summed E-state index contributed by atoms with van der Waals surface area (Å²) in [5.74, 6) is -0.442. The number of allylic oxidation sites excluding steroid dienone is 2. The highest BCUT2D eigenvalue weighted by atomic mass is 19.4. The highest BCUT2D eigenvalue weighted by Crippen LogP contribution is 2.61. The number of alkyl halides is 9. The van der Waals surface area contributed by atoms with Crippen molar-refractivity contribution in [2.24, 2.45) is 41.4 Å². The maximum absolute atomic E-state index is 12.6. The number of rotatable bonds is 5. The molecule has 1 N–H and O–H groups in total. The second kappa shape index (κ2) is 9.98. The van der Waals surface area contributed by atoms with E-state index in [-0.39, 0.29) is 30.1 Å². The second-order valence-electron chi connectivity index (χ2n) is 12.1. The fraction of sp³-hybridized carbons (Fsp3) is 0.815. The second-order valence-corrected chi connectivity index (χ2v) is 12.1. The lowest BCUT2D eigenvalue weighted by molar-refractivity contribution is -0.373. The van der Waals surface area contributed by atoms with Gasteiger partial charge in [0.25, 0.3) is 5.60 Å². The first-order valence-electron chi connectivity index (χ1n) is 13.3. The van der Waals surface area contributed by atoms with E-state index in [1.54, 1.807) is 6.08 Å². The van der Waals surface area contributed by atoms with Crippen molar-refractivity contribution in [2.45, 2.75) is 94.4 Å². The molecule has 6 aliphatic rings. The average molecular weight is 577 g/mol. The molecule has 222 valence electrons. The topological polar surface area (TPSA) is 46.5 Å². The Morgan fingerprint density at radius 1 is 0.872 bits per heavy atom. The lowest BCUT2D eigenvalue weighted by Gasteiger charge is -2.60. The van der Waals surface area contributed by atoms with Gasteiger partial charge >= 0.3 is 24.5 Å². The van der Waals surface area contributed by atoms with E-state index in [4.69, 9.17) is 9.84 Å². The minimum absolute atomic E-state index is 0.0608. The van der Waals surface area contributed by atoms with Gasteiger partial charge in [-0.3, -0.25) is 0 Å². The SMILES string of the molecule is C=C(C(=O)OC1(CC)C2CC3CC(C2)CC1C3)C(F)(F)F.OC(CC1CC2C=CC1C2)(C(F)(F)F)C(F)(F)F. The van der Waals surface area contributed by atoms with E-state index in [2.05, 4.69) is 6.58 Å². The van der Waals surface area contributed by atoms with E-state index in [0.717, 1.165) is 25.7 Å². The van der Waals surface area contributed by atoms with Crippen LogP contribution in [0.4, 0.5) is 39.5 Å². The molecule has 0 spiro atoms. The summed E-state index contributed by atoms with van der Waals surface area (Å²) in [5, 5.41) is 9.10. The Bertz CT molecular complexity index is 936. The molecule has 0 aromatic rings. The summed E-state index contributed by atoms with van der Waals surface area (Å²) < 4.78 is 118. The number of carbonyl (C=O) groups excluding carboxylic acids is 1. The van der Waals surface area contributed by atoms with Gasteiger partial charge in [0.15, 0.2) is 0 Å². The van der Waals surface area contributed by atoms with E-state index in [1.165, 1.54) is 6.42 Å². The molecule has 0 amide bonds. The number of aliphatic hydroxyl groups is 1. The van der Waals surface area contributed by atoms with Crippen LogP contribution in [0.1, 0.15) is 64.7 Å². The minimum atomic E-state index is -5.70. The zero-order chi connectivity index (χ0) is 29.2. The van der Waals surface area contributed by atoms with Crippen LogP contribution >= 0.6 is 0 Å². The maximum atomic E-state index is 12.6. The molecule has 0 heterocycles. The van der Waals surface area contributed by atoms with Crippen LogP contribution in [0.15, 0.2) is 24.3 Å². The predicted octanol–water partition coefficient (Wildman–Crippen LogP) is 7.70. The summed E-state index contributed by atoms with van der Waals surface area (Å²) in [6.45, 7) is 4.80. The van der Waals surface area contributed by atoms with Gasteiger partial charge in [0.05, 0.1) is 0 Å². The highest BCUT2D eigenvalue weighted by molar-refractivity contribution is 5.89. The fourth-order valence-electron chi connectivity index (χ4n) is 8.05. The molecule has 3 unspecified atom stereocenters. The molecule has 0 aliphatic heterocycles. The van der Waals surface area contributed by atoms with Gasteiger partial charge in [0, 0.05) is 0 Å². The van der Waals surface area contributed by atoms with Crippen LogP contribution in [0.3, 0.4) is 0 Å². The molecule has 0 aromatic heterocycles. The first kappa shape index (κ1) is 30.2. The summed E-state index contributed by atoms with van der Waals surface area (Å²) >= 11 is 0. The van der Waals surface area contributed by atoms with Crippen molar-refractivity contribution in [3.63, 3.8) is 0 Å². The van der Waals surface area contributed by atoms with E-state index in [0.29, 0.717) is 24.7 Å². The summed E-state index contributed by atoms with van der Waals surface area (Å²) in [6.07, 6.45) is -7.23. The summed E-state index contributed by atoms with van der Waals surface area (Å²) in [4.78, 5) is 11.9. The number of fused-ring (bicyclic) bond motifs is 2. The van der Waals surface area contributed by atoms with E-state index >= 15 is 0 Å². The van der Waals surface area contributed by atoms with Crippen molar-refractivity contribution in [1.82, 2.24) is 0 Å². The zero-order valence-corrected chi connectivity index (χ0v) is 21.4. The molecular weight excluding hydrogens is 543 g/mol. The van der Waals surface area contributed by atoms with Gasteiger partial charge in [0.2, 0.25) is 0 Å². The lowest BCUT2D eigenvalue weighted by atomic mass is 9.49. The Kier molecular flexibility index (Phi) is 7.74. The molecule has 3 nitrogen and oxygen atoms in total. The minimum Gasteiger partial charge on any atom is -0.455 e.